The Bertz CT molecular complexity index is 2740. The second kappa shape index (κ2) is 14.1. The summed E-state index contributed by atoms with van der Waals surface area (Å²) in [7, 11) is 0. The third-order valence-electron chi connectivity index (χ3n) is 10.7. The fraction of sp³-hybridized carbons (Fsp3) is 0.102. The summed E-state index contributed by atoms with van der Waals surface area (Å²) < 4.78 is 12.7. The molecule has 0 amide bonds. The molecular weight excluding hydrogens is 705 g/mol. The lowest BCUT2D eigenvalue weighted by atomic mass is 10.1. The molecule has 2 aromatic heterocycles. The maximum atomic E-state index is 6.37. The van der Waals surface area contributed by atoms with Crippen LogP contribution < -0.4 is 19.6 Å². The number of hydrogen-bond acceptors (Lipinski definition) is 8. The van der Waals surface area contributed by atoms with Gasteiger partial charge in [-0.2, -0.15) is 0 Å². The van der Waals surface area contributed by atoms with E-state index in [4.69, 9.17) is 18.8 Å². The van der Waals surface area contributed by atoms with Crippen molar-refractivity contribution < 1.29 is 8.83 Å². The van der Waals surface area contributed by atoms with Gasteiger partial charge in [0.25, 0.3) is 0 Å². The highest BCUT2D eigenvalue weighted by Gasteiger charge is 2.29. The van der Waals surface area contributed by atoms with Crippen LogP contribution in [0.2, 0.25) is 0 Å². The van der Waals surface area contributed by atoms with Gasteiger partial charge in [0.1, 0.15) is 11.0 Å². The molecule has 10 rings (SSSR count). The van der Waals surface area contributed by atoms with Gasteiger partial charge >= 0.3 is 0 Å². The Balaban J connectivity index is 0.936. The number of nitrogens with zero attached hydrogens (tertiary/aromatic N) is 6. The highest BCUT2D eigenvalue weighted by molar-refractivity contribution is 5.98. The lowest BCUT2D eigenvalue weighted by Gasteiger charge is -2.39. The Hall–Kier alpha value is -7.32. The maximum Gasteiger partial charge on any atom is 0.227 e. The molecule has 0 fully saturated rings. The van der Waals surface area contributed by atoms with E-state index in [9.17, 15) is 0 Å². The van der Waals surface area contributed by atoms with Crippen molar-refractivity contribution in [2.45, 2.75) is 20.8 Å². The van der Waals surface area contributed by atoms with Crippen molar-refractivity contribution in [2.24, 2.45) is 0 Å². The zero-order valence-corrected chi connectivity index (χ0v) is 32.0. The summed E-state index contributed by atoms with van der Waals surface area (Å²) in [4.78, 5) is 19.1. The van der Waals surface area contributed by atoms with E-state index in [1.54, 1.807) is 0 Å². The molecule has 0 radical (unpaired) electrons. The van der Waals surface area contributed by atoms with E-state index in [-0.39, 0.29) is 0 Å². The van der Waals surface area contributed by atoms with Gasteiger partial charge < -0.3 is 28.4 Å². The van der Waals surface area contributed by atoms with Crippen molar-refractivity contribution in [3.05, 3.63) is 170 Å². The van der Waals surface area contributed by atoms with E-state index >= 15 is 0 Å². The van der Waals surface area contributed by atoms with Crippen LogP contribution >= 0.6 is 0 Å². The van der Waals surface area contributed by atoms with Crippen LogP contribution in [0.1, 0.15) is 26.7 Å². The molecule has 6 aromatic carbocycles. The summed E-state index contributed by atoms with van der Waals surface area (Å²) in [6, 6.07) is 46.4. The summed E-state index contributed by atoms with van der Waals surface area (Å²) in [6.45, 7) is 8.13. The monoisotopic (exact) mass is 744 g/mol. The molecule has 0 saturated carbocycles. The number of para-hydroxylation sites is 8. The second-order valence-electron chi connectivity index (χ2n) is 14.0. The molecule has 2 aliphatic rings. The molecular formula is C49H40N6O2. The molecule has 0 spiro atoms. The predicted molar refractivity (Wildman–Crippen MR) is 234 cm³/mol. The van der Waals surface area contributed by atoms with Gasteiger partial charge in [-0.3, -0.25) is 0 Å². The first-order valence-electron chi connectivity index (χ1n) is 19.5. The molecule has 0 unspecified atom stereocenters. The van der Waals surface area contributed by atoms with Gasteiger partial charge in [-0.1, -0.05) is 60.7 Å². The molecule has 8 heteroatoms. The standard InChI is InChI=1S/C49H40N6O2/c1-4-16-33(17-15-30-54-40-20-9-7-18-38(40)52(5-2)39-19-8-10-21-41(39)54)48-50-36-31-47-37(32-46(36)56-48)51-49(57-47)34-26-28-35(29-27-34)55-44-24-13-11-22-42(44)53(6-3)43-23-12-14-25-45(43)55/h4,7-32H,5-6H2,1-3H3/b16-4-,30-15+,33-17+. The highest BCUT2D eigenvalue weighted by Crippen LogP contribution is 2.51. The number of anilines is 9. The van der Waals surface area contributed by atoms with Gasteiger partial charge in [0.2, 0.25) is 11.8 Å². The quantitative estimate of drug-likeness (QED) is 0.143. The Morgan fingerprint density at radius 2 is 1.07 bits per heavy atom. The van der Waals surface area contributed by atoms with E-state index in [2.05, 4.69) is 161 Å². The number of oxazole rings is 2. The first kappa shape index (κ1) is 34.2. The molecule has 2 aliphatic heterocycles. The number of rotatable bonds is 8. The fourth-order valence-electron chi connectivity index (χ4n) is 8.15. The van der Waals surface area contributed by atoms with E-state index in [0.717, 1.165) is 52.7 Å². The van der Waals surface area contributed by atoms with Crippen molar-refractivity contribution in [3.63, 3.8) is 0 Å². The van der Waals surface area contributed by atoms with Gasteiger partial charge in [-0.05, 0) is 106 Å². The predicted octanol–water partition coefficient (Wildman–Crippen LogP) is 13.4. The Morgan fingerprint density at radius 3 is 1.61 bits per heavy atom. The van der Waals surface area contributed by atoms with Crippen LogP contribution in [0.25, 0.3) is 39.2 Å². The van der Waals surface area contributed by atoms with E-state index in [0.29, 0.717) is 34.0 Å². The molecule has 57 heavy (non-hydrogen) atoms. The van der Waals surface area contributed by atoms with Gasteiger partial charge in [0.05, 0.1) is 45.5 Å². The summed E-state index contributed by atoms with van der Waals surface area (Å²) in [5, 5.41) is 0. The van der Waals surface area contributed by atoms with Crippen LogP contribution in [0.3, 0.4) is 0 Å². The molecule has 0 atom stereocenters. The van der Waals surface area contributed by atoms with Crippen molar-refractivity contribution >= 4 is 79.0 Å². The number of aromatic nitrogens is 2. The molecule has 0 aliphatic carbocycles. The van der Waals surface area contributed by atoms with Gasteiger partial charge in [-0.25, -0.2) is 9.97 Å². The summed E-state index contributed by atoms with van der Waals surface area (Å²) in [6.07, 6.45) is 10.2. The zero-order valence-electron chi connectivity index (χ0n) is 32.0. The van der Waals surface area contributed by atoms with E-state index < -0.39 is 0 Å². The normalized spacial score (nSPS) is 13.8. The highest BCUT2D eigenvalue weighted by atomic mass is 16.4. The SMILES string of the molecule is C\C=C/C(=C\C=C\N1c2ccccc2N(CC)c2ccccc21)c1nc2cc3oc(-c4ccc(N5c6ccccc6N(CC)c6ccccc65)cc4)nc3cc2o1. The van der Waals surface area contributed by atoms with Gasteiger partial charge in [-0.15, -0.1) is 0 Å². The third kappa shape index (κ3) is 5.76. The van der Waals surface area contributed by atoms with Gasteiger partial charge in [0.15, 0.2) is 11.2 Å². The molecule has 0 saturated heterocycles. The smallest absolute Gasteiger partial charge is 0.227 e. The molecule has 4 heterocycles. The fourth-order valence-corrected chi connectivity index (χ4v) is 8.15. The first-order chi connectivity index (χ1) is 28.1. The minimum Gasteiger partial charge on any atom is -0.436 e. The largest absolute Gasteiger partial charge is 0.436 e. The zero-order chi connectivity index (χ0) is 38.5. The van der Waals surface area contributed by atoms with Crippen LogP contribution in [-0.2, 0) is 0 Å². The van der Waals surface area contributed by atoms with Crippen molar-refractivity contribution in [3.8, 4) is 11.5 Å². The van der Waals surface area contributed by atoms with Crippen LogP contribution in [0, 0.1) is 0 Å². The minimum absolute atomic E-state index is 0.524. The van der Waals surface area contributed by atoms with E-state index in [1.807, 2.05) is 43.4 Å². The summed E-state index contributed by atoms with van der Waals surface area (Å²) in [5.41, 5.74) is 14.8. The van der Waals surface area contributed by atoms with Crippen LogP contribution in [0.15, 0.2) is 173 Å². The number of allylic oxidation sites excluding steroid dienone is 5. The lowest BCUT2D eigenvalue weighted by molar-refractivity contribution is 0.586. The number of benzene rings is 6. The number of fused-ring (bicyclic) bond motifs is 6. The van der Waals surface area contributed by atoms with Crippen LogP contribution in [0.4, 0.5) is 51.2 Å². The average Bonchev–Trinajstić information content (AvgIpc) is 3.87. The average molecular weight is 745 g/mol. The minimum atomic E-state index is 0.524. The van der Waals surface area contributed by atoms with Crippen molar-refractivity contribution in [1.82, 2.24) is 9.97 Å². The Kier molecular flexibility index (Phi) is 8.44. The molecule has 0 N–H and O–H groups in total. The summed E-state index contributed by atoms with van der Waals surface area (Å²) in [5.74, 6) is 1.07. The molecule has 0 bridgehead atoms. The molecule has 278 valence electrons. The van der Waals surface area contributed by atoms with Crippen molar-refractivity contribution in [1.29, 1.82) is 0 Å². The lowest BCUT2D eigenvalue weighted by Crippen LogP contribution is -2.26. The van der Waals surface area contributed by atoms with Crippen LogP contribution in [0.5, 0.6) is 0 Å². The summed E-state index contributed by atoms with van der Waals surface area (Å²) >= 11 is 0. The molecule has 8 nitrogen and oxygen atoms in total. The molecule has 8 aromatic rings. The first-order valence-corrected chi connectivity index (χ1v) is 19.5. The third-order valence-corrected chi connectivity index (χ3v) is 10.7. The van der Waals surface area contributed by atoms with Crippen LogP contribution in [-0.4, -0.2) is 23.1 Å². The van der Waals surface area contributed by atoms with Gasteiger partial charge in [0, 0.05) is 48.2 Å². The topological polar surface area (TPSA) is 65.0 Å². The Labute approximate surface area is 331 Å². The maximum absolute atomic E-state index is 6.37. The Morgan fingerprint density at radius 1 is 0.579 bits per heavy atom. The van der Waals surface area contributed by atoms with E-state index in [1.165, 1.54) is 22.7 Å². The van der Waals surface area contributed by atoms with Crippen molar-refractivity contribution in [2.75, 3.05) is 32.7 Å². The second-order valence-corrected chi connectivity index (χ2v) is 14.0. The number of hydrogen-bond donors (Lipinski definition) is 0.